The fourth-order valence-electron chi connectivity index (χ4n) is 2.12. The summed E-state index contributed by atoms with van der Waals surface area (Å²) in [6, 6.07) is 5.18. The van der Waals surface area contributed by atoms with Crippen LogP contribution in [0.5, 0.6) is 0 Å². The van der Waals surface area contributed by atoms with E-state index in [0.717, 1.165) is 25.0 Å². The highest BCUT2D eigenvalue weighted by Crippen LogP contribution is 2.30. The van der Waals surface area contributed by atoms with Crippen molar-refractivity contribution in [2.45, 2.75) is 45.0 Å². The van der Waals surface area contributed by atoms with E-state index >= 15 is 0 Å². The van der Waals surface area contributed by atoms with Crippen LogP contribution in [0.25, 0.3) is 0 Å². The van der Waals surface area contributed by atoms with E-state index in [1.54, 1.807) is 0 Å². The third-order valence-electron chi connectivity index (χ3n) is 3.52. The number of benzene rings is 1. The van der Waals surface area contributed by atoms with E-state index in [4.69, 9.17) is 0 Å². The van der Waals surface area contributed by atoms with Gasteiger partial charge in [-0.15, -0.1) is 0 Å². The molecule has 1 aromatic rings. The number of alkyl halides is 3. The molecule has 20 heavy (non-hydrogen) atoms. The fraction of sp³-hybridized carbons (Fsp3) is 0.600. The summed E-state index contributed by atoms with van der Waals surface area (Å²) in [5.74, 6) is 0. The quantitative estimate of drug-likeness (QED) is 0.859. The molecule has 0 aliphatic carbocycles. The number of aliphatic hydroxyl groups is 1. The predicted molar refractivity (Wildman–Crippen MR) is 73.4 cm³/mol. The molecule has 1 N–H and O–H groups in total. The maximum absolute atomic E-state index is 12.6. The summed E-state index contributed by atoms with van der Waals surface area (Å²) < 4.78 is 37.9. The summed E-state index contributed by atoms with van der Waals surface area (Å²) in [5.41, 5.74) is -0.423. The standard InChI is InChI=1S/C15H22F3NO/c1-4-6-11(2)19(3)10-14(20)12-7-5-8-13(9-12)15(16,17)18/h5,7-9,11,14,20H,4,6,10H2,1-3H3. The van der Waals surface area contributed by atoms with Crippen LogP contribution in [0.1, 0.15) is 43.9 Å². The van der Waals surface area contributed by atoms with Crippen molar-refractivity contribution >= 4 is 0 Å². The molecule has 0 aromatic heterocycles. The molecule has 0 fully saturated rings. The maximum atomic E-state index is 12.6. The normalized spacial score (nSPS) is 15.4. The Hall–Kier alpha value is -1.07. The Labute approximate surface area is 118 Å². The molecule has 1 rings (SSSR count). The van der Waals surface area contributed by atoms with Crippen molar-refractivity contribution in [3.8, 4) is 0 Å². The number of nitrogens with zero attached hydrogens (tertiary/aromatic N) is 1. The lowest BCUT2D eigenvalue weighted by molar-refractivity contribution is -0.137. The number of aliphatic hydroxyl groups excluding tert-OH is 1. The molecule has 0 saturated carbocycles. The Kier molecular flexibility index (Phi) is 6.02. The van der Waals surface area contributed by atoms with Gasteiger partial charge in [0.1, 0.15) is 0 Å². The van der Waals surface area contributed by atoms with Crippen molar-refractivity contribution in [3.05, 3.63) is 35.4 Å². The lowest BCUT2D eigenvalue weighted by atomic mass is 10.0. The predicted octanol–water partition coefficient (Wildman–Crippen LogP) is 3.86. The molecular weight excluding hydrogens is 267 g/mol. The van der Waals surface area contributed by atoms with Crippen LogP contribution in [0, 0.1) is 0 Å². The van der Waals surface area contributed by atoms with Gasteiger partial charge in [0.05, 0.1) is 11.7 Å². The lowest BCUT2D eigenvalue weighted by Crippen LogP contribution is -2.32. The topological polar surface area (TPSA) is 23.5 Å². The van der Waals surface area contributed by atoms with Gasteiger partial charge in [-0.05, 0) is 38.1 Å². The van der Waals surface area contributed by atoms with Gasteiger partial charge in [0.15, 0.2) is 0 Å². The van der Waals surface area contributed by atoms with Crippen LogP contribution < -0.4 is 0 Å². The Morgan fingerprint density at radius 1 is 1.30 bits per heavy atom. The van der Waals surface area contributed by atoms with Crippen LogP contribution in [0.2, 0.25) is 0 Å². The van der Waals surface area contributed by atoms with Crippen molar-refractivity contribution in [1.82, 2.24) is 4.90 Å². The Morgan fingerprint density at radius 3 is 2.50 bits per heavy atom. The molecule has 5 heteroatoms. The molecule has 1 aromatic carbocycles. The molecule has 0 spiro atoms. The molecule has 114 valence electrons. The first-order valence-corrected chi connectivity index (χ1v) is 6.81. The van der Waals surface area contributed by atoms with Crippen LogP contribution >= 0.6 is 0 Å². The number of hydrogen-bond donors (Lipinski definition) is 1. The largest absolute Gasteiger partial charge is 0.416 e. The van der Waals surface area contributed by atoms with Gasteiger partial charge >= 0.3 is 6.18 Å². The summed E-state index contributed by atoms with van der Waals surface area (Å²) in [7, 11) is 1.87. The van der Waals surface area contributed by atoms with E-state index in [1.165, 1.54) is 12.1 Å². The van der Waals surface area contributed by atoms with Crippen LogP contribution in [-0.4, -0.2) is 29.6 Å². The number of likely N-dealkylation sites (N-methyl/N-ethyl adjacent to an activating group) is 1. The average Bonchev–Trinajstić information content (AvgIpc) is 2.38. The highest BCUT2D eigenvalue weighted by Gasteiger charge is 2.31. The second-order valence-corrected chi connectivity index (χ2v) is 5.22. The monoisotopic (exact) mass is 289 g/mol. The van der Waals surface area contributed by atoms with Crippen molar-refractivity contribution in [1.29, 1.82) is 0 Å². The van der Waals surface area contributed by atoms with Gasteiger partial charge in [-0.3, -0.25) is 0 Å². The van der Waals surface area contributed by atoms with Gasteiger partial charge in [-0.2, -0.15) is 13.2 Å². The highest BCUT2D eigenvalue weighted by atomic mass is 19.4. The summed E-state index contributed by atoms with van der Waals surface area (Å²) in [6.07, 6.45) is -3.27. The summed E-state index contributed by atoms with van der Waals surface area (Å²) >= 11 is 0. The molecule has 0 aliphatic rings. The zero-order valence-corrected chi connectivity index (χ0v) is 12.1. The zero-order chi connectivity index (χ0) is 15.3. The van der Waals surface area contributed by atoms with Gasteiger partial charge in [-0.25, -0.2) is 0 Å². The van der Waals surface area contributed by atoms with Gasteiger partial charge in [-0.1, -0.05) is 25.5 Å². The summed E-state index contributed by atoms with van der Waals surface area (Å²) in [6.45, 7) is 4.44. The molecule has 0 heterocycles. The number of rotatable bonds is 6. The maximum Gasteiger partial charge on any atom is 0.416 e. The second kappa shape index (κ2) is 7.09. The van der Waals surface area contributed by atoms with E-state index in [9.17, 15) is 18.3 Å². The Balaban J connectivity index is 2.75. The van der Waals surface area contributed by atoms with Crippen LogP contribution in [0.4, 0.5) is 13.2 Å². The first-order chi connectivity index (χ1) is 9.25. The van der Waals surface area contributed by atoms with Crippen LogP contribution in [0.3, 0.4) is 0 Å². The first kappa shape index (κ1) is 17.0. The molecule has 2 unspecified atom stereocenters. The summed E-state index contributed by atoms with van der Waals surface area (Å²) in [4.78, 5) is 1.97. The average molecular weight is 289 g/mol. The Bertz CT molecular complexity index is 420. The molecule has 2 nitrogen and oxygen atoms in total. The van der Waals surface area contributed by atoms with E-state index < -0.39 is 17.8 Å². The molecule has 0 radical (unpaired) electrons. The van der Waals surface area contributed by atoms with E-state index in [-0.39, 0.29) is 0 Å². The van der Waals surface area contributed by atoms with Gasteiger partial charge in [0.25, 0.3) is 0 Å². The van der Waals surface area contributed by atoms with E-state index in [1.807, 2.05) is 18.9 Å². The van der Waals surface area contributed by atoms with E-state index in [0.29, 0.717) is 18.2 Å². The third-order valence-corrected chi connectivity index (χ3v) is 3.52. The summed E-state index contributed by atoms with van der Waals surface area (Å²) in [5, 5.41) is 10.1. The first-order valence-electron chi connectivity index (χ1n) is 6.81. The smallest absolute Gasteiger partial charge is 0.387 e. The molecular formula is C15H22F3NO. The minimum Gasteiger partial charge on any atom is -0.387 e. The van der Waals surface area contributed by atoms with Crippen molar-refractivity contribution < 1.29 is 18.3 Å². The van der Waals surface area contributed by atoms with Crippen molar-refractivity contribution in [2.24, 2.45) is 0 Å². The van der Waals surface area contributed by atoms with E-state index in [2.05, 4.69) is 6.92 Å². The fourth-order valence-corrected chi connectivity index (χ4v) is 2.12. The van der Waals surface area contributed by atoms with Gasteiger partial charge < -0.3 is 10.0 Å². The molecule has 0 saturated heterocycles. The minimum absolute atomic E-state index is 0.292. The lowest BCUT2D eigenvalue weighted by Gasteiger charge is -2.27. The van der Waals surface area contributed by atoms with Gasteiger partial charge in [0.2, 0.25) is 0 Å². The van der Waals surface area contributed by atoms with Crippen LogP contribution in [0.15, 0.2) is 24.3 Å². The highest BCUT2D eigenvalue weighted by molar-refractivity contribution is 5.27. The third kappa shape index (κ3) is 4.80. The zero-order valence-electron chi connectivity index (χ0n) is 12.1. The molecule has 2 atom stereocenters. The molecule has 0 bridgehead atoms. The van der Waals surface area contributed by atoms with Crippen molar-refractivity contribution in [3.63, 3.8) is 0 Å². The van der Waals surface area contributed by atoms with Crippen LogP contribution in [-0.2, 0) is 6.18 Å². The SMILES string of the molecule is CCCC(C)N(C)CC(O)c1cccc(C(F)(F)F)c1. The van der Waals surface area contributed by atoms with Crippen molar-refractivity contribution in [2.75, 3.05) is 13.6 Å². The molecule has 0 aliphatic heterocycles. The molecule has 0 amide bonds. The number of halogens is 3. The second-order valence-electron chi connectivity index (χ2n) is 5.22. The number of hydrogen-bond acceptors (Lipinski definition) is 2. The Morgan fingerprint density at radius 2 is 1.95 bits per heavy atom. The van der Waals surface area contributed by atoms with Gasteiger partial charge in [0, 0.05) is 12.6 Å². The minimum atomic E-state index is -4.38.